The van der Waals surface area contributed by atoms with Gasteiger partial charge >= 0.3 is 5.97 Å². The molecular weight excluding hydrogens is 526 g/mol. The molecule has 0 saturated carbocycles. The molecule has 0 aromatic heterocycles. The zero-order valence-electron chi connectivity index (χ0n) is 24.8. The molecule has 2 atom stereocenters. The van der Waals surface area contributed by atoms with Gasteiger partial charge in [-0.3, -0.25) is 14.9 Å². The molecule has 0 aliphatic rings. The number of hydrogen-bond donors (Lipinski definition) is 0. The summed E-state index contributed by atoms with van der Waals surface area (Å²) in [7, 11) is 5.03. The second-order valence-electron chi connectivity index (χ2n) is 10.4. The van der Waals surface area contributed by atoms with Crippen LogP contribution in [0.1, 0.15) is 51.7 Å². The van der Waals surface area contributed by atoms with Gasteiger partial charge in [0.1, 0.15) is 11.7 Å². The molecule has 0 heterocycles. The largest absolute Gasteiger partial charge is 0.493 e. The fourth-order valence-electron chi connectivity index (χ4n) is 4.77. The quantitative estimate of drug-likeness (QED) is 0.0700. The predicted molar refractivity (Wildman–Crippen MR) is 156 cm³/mol. The minimum absolute atomic E-state index is 0.0404. The van der Waals surface area contributed by atoms with Crippen molar-refractivity contribution in [2.24, 2.45) is 5.92 Å². The lowest BCUT2D eigenvalue weighted by Gasteiger charge is -2.32. The molecule has 0 fully saturated rings. The van der Waals surface area contributed by atoms with Crippen LogP contribution in [0.15, 0.2) is 48.0 Å². The lowest BCUT2D eigenvalue weighted by Crippen LogP contribution is -2.35. The first-order valence-electron chi connectivity index (χ1n) is 13.4. The van der Waals surface area contributed by atoms with Gasteiger partial charge in [0, 0.05) is 18.7 Å². The number of nitro benzene ring substituents is 1. The second kappa shape index (κ2) is 15.0. The Bertz CT molecular complexity index is 1320. The van der Waals surface area contributed by atoms with Crippen molar-refractivity contribution in [2.75, 3.05) is 34.4 Å². The number of nitriles is 1. The summed E-state index contributed by atoms with van der Waals surface area (Å²) < 4.78 is 16.3. The van der Waals surface area contributed by atoms with Crippen LogP contribution in [0.4, 0.5) is 5.69 Å². The molecule has 41 heavy (non-hydrogen) atoms. The highest BCUT2D eigenvalue weighted by molar-refractivity contribution is 6.19. The molecule has 2 aromatic rings. The number of hydrogen-bond acceptors (Lipinski definition) is 9. The minimum Gasteiger partial charge on any atom is -0.493 e. The summed E-state index contributed by atoms with van der Waals surface area (Å²) in [6.07, 6.45) is 2.09. The standard InChI is InChI=1S/C31H39N3O7/c1-21(2)31(20-32,25-12-13-28(39-6)29(18-25)40-7)14-9-15-33(5)19-22(3)41-30(36)27(23(4)35)17-24-10-8-11-26(16-24)34(37)38/h8,10-13,16-18,21-22H,9,14-15,19H2,1-7H3. The van der Waals surface area contributed by atoms with E-state index in [4.69, 9.17) is 14.2 Å². The molecule has 0 N–H and O–H groups in total. The minimum atomic E-state index is -0.790. The summed E-state index contributed by atoms with van der Waals surface area (Å²) in [4.78, 5) is 37.5. The van der Waals surface area contributed by atoms with E-state index in [-0.39, 0.29) is 17.2 Å². The number of Topliss-reactive ketones (excluding diaryl/α,β-unsaturated/α-hetero) is 1. The van der Waals surface area contributed by atoms with Gasteiger partial charge in [-0.1, -0.05) is 32.0 Å². The van der Waals surface area contributed by atoms with Crippen molar-refractivity contribution in [1.29, 1.82) is 5.26 Å². The summed E-state index contributed by atoms with van der Waals surface area (Å²) >= 11 is 0. The number of nitro groups is 1. The maximum absolute atomic E-state index is 12.8. The number of methoxy groups -OCH3 is 2. The Balaban J connectivity index is 2.05. The molecule has 2 unspecified atom stereocenters. The highest BCUT2D eigenvalue weighted by Crippen LogP contribution is 2.40. The number of rotatable bonds is 15. The number of likely N-dealkylation sites (N-methyl/N-ethyl adjacent to an activating group) is 1. The fraction of sp³-hybridized carbons (Fsp3) is 0.452. The highest BCUT2D eigenvalue weighted by Gasteiger charge is 2.36. The monoisotopic (exact) mass is 565 g/mol. The zero-order valence-corrected chi connectivity index (χ0v) is 24.8. The van der Waals surface area contributed by atoms with Crippen LogP contribution in [-0.4, -0.2) is 62.0 Å². The Morgan fingerprint density at radius 3 is 2.37 bits per heavy atom. The summed E-state index contributed by atoms with van der Waals surface area (Å²) in [5.74, 6) is -0.0792. The molecule has 0 radical (unpaired) electrons. The lowest BCUT2D eigenvalue weighted by molar-refractivity contribution is -0.384. The van der Waals surface area contributed by atoms with Crippen LogP contribution in [0, 0.1) is 27.4 Å². The molecule has 0 aliphatic heterocycles. The number of ketones is 1. The van der Waals surface area contributed by atoms with Gasteiger partial charge < -0.3 is 19.1 Å². The molecular formula is C31H39N3O7. The topological polar surface area (TPSA) is 132 Å². The van der Waals surface area contributed by atoms with E-state index in [1.807, 2.05) is 44.0 Å². The van der Waals surface area contributed by atoms with E-state index in [1.54, 1.807) is 27.2 Å². The van der Waals surface area contributed by atoms with E-state index < -0.39 is 28.2 Å². The fourth-order valence-corrected chi connectivity index (χ4v) is 4.77. The van der Waals surface area contributed by atoms with Gasteiger partial charge in [0.15, 0.2) is 17.3 Å². The van der Waals surface area contributed by atoms with Crippen LogP contribution in [0.2, 0.25) is 0 Å². The molecule has 10 heteroatoms. The molecule has 10 nitrogen and oxygen atoms in total. The van der Waals surface area contributed by atoms with Gasteiger partial charge in [-0.15, -0.1) is 0 Å². The molecule has 0 amide bonds. The van der Waals surface area contributed by atoms with E-state index >= 15 is 0 Å². The van der Waals surface area contributed by atoms with Crippen LogP contribution in [0.5, 0.6) is 11.5 Å². The third-order valence-electron chi connectivity index (χ3n) is 7.06. The number of carbonyl (C=O) groups excluding carboxylic acids is 2. The van der Waals surface area contributed by atoms with E-state index in [2.05, 4.69) is 6.07 Å². The average molecular weight is 566 g/mol. The van der Waals surface area contributed by atoms with Gasteiger partial charge in [0.2, 0.25) is 0 Å². The van der Waals surface area contributed by atoms with Crippen LogP contribution in [-0.2, 0) is 19.7 Å². The molecule has 0 aliphatic carbocycles. The number of ether oxygens (including phenoxy) is 3. The maximum Gasteiger partial charge on any atom is 0.342 e. The number of esters is 1. The molecule has 220 valence electrons. The van der Waals surface area contributed by atoms with Crippen LogP contribution in [0.3, 0.4) is 0 Å². The first-order valence-corrected chi connectivity index (χ1v) is 13.4. The summed E-state index contributed by atoms with van der Waals surface area (Å²) in [5, 5.41) is 21.3. The first kappa shape index (κ1) is 33.0. The Kier molecular flexibility index (Phi) is 12.0. The van der Waals surface area contributed by atoms with E-state index in [1.165, 1.54) is 31.2 Å². The Morgan fingerprint density at radius 1 is 1.12 bits per heavy atom. The predicted octanol–water partition coefficient (Wildman–Crippen LogP) is 5.35. The van der Waals surface area contributed by atoms with E-state index in [0.29, 0.717) is 43.0 Å². The number of non-ortho nitro benzene ring substituents is 1. The van der Waals surface area contributed by atoms with Crippen LogP contribution in [0.25, 0.3) is 6.08 Å². The summed E-state index contributed by atoms with van der Waals surface area (Å²) in [6, 6.07) is 13.8. The highest BCUT2D eigenvalue weighted by atomic mass is 16.6. The third kappa shape index (κ3) is 8.63. The van der Waals surface area contributed by atoms with Crippen molar-refractivity contribution in [2.45, 2.75) is 52.1 Å². The van der Waals surface area contributed by atoms with E-state index in [9.17, 15) is 25.0 Å². The SMILES string of the molecule is COc1ccc(C(C#N)(CCCN(C)CC(C)OC(=O)C(=Cc2cccc([N+](=O)[O-])c2)C(C)=O)C(C)C)cc1OC. The molecule has 0 bridgehead atoms. The van der Waals surface area contributed by atoms with E-state index in [0.717, 1.165) is 5.56 Å². The second-order valence-corrected chi connectivity index (χ2v) is 10.4. The van der Waals surface area contributed by atoms with Crippen molar-refractivity contribution >= 4 is 23.5 Å². The van der Waals surface area contributed by atoms with Gasteiger partial charge in [-0.2, -0.15) is 5.26 Å². The van der Waals surface area contributed by atoms with Crippen LogP contribution >= 0.6 is 0 Å². The van der Waals surface area contributed by atoms with Crippen molar-refractivity contribution < 1.29 is 28.7 Å². The Morgan fingerprint density at radius 2 is 1.80 bits per heavy atom. The third-order valence-corrected chi connectivity index (χ3v) is 7.06. The van der Waals surface area contributed by atoms with Crippen molar-refractivity contribution in [3.8, 4) is 17.6 Å². The molecule has 2 aromatic carbocycles. The van der Waals surface area contributed by atoms with Gasteiger partial charge in [-0.05, 0) is 75.5 Å². The first-order chi connectivity index (χ1) is 19.4. The van der Waals surface area contributed by atoms with Crippen molar-refractivity contribution in [3.05, 3.63) is 69.3 Å². The Hall–Kier alpha value is -4.23. The molecule has 0 spiro atoms. The number of carbonyl (C=O) groups is 2. The van der Waals surface area contributed by atoms with Gasteiger partial charge in [0.05, 0.1) is 30.6 Å². The maximum atomic E-state index is 12.8. The normalized spacial score (nSPS) is 13.7. The smallest absolute Gasteiger partial charge is 0.342 e. The van der Waals surface area contributed by atoms with Crippen LogP contribution < -0.4 is 9.47 Å². The molecule has 0 saturated heterocycles. The summed E-state index contributed by atoms with van der Waals surface area (Å²) in [6.45, 7) is 8.09. The van der Waals surface area contributed by atoms with Gasteiger partial charge in [0.25, 0.3) is 5.69 Å². The summed E-state index contributed by atoms with van der Waals surface area (Å²) in [5.41, 5.74) is 0.155. The van der Waals surface area contributed by atoms with Crippen molar-refractivity contribution in [1.82, 2.24) is 4.90 Å². The average Bonchev–Trinajstić information content (AvgIpc) is 2.93. The van der Waals surface area contributed by atoms with Gasteiger partial charge in [-0.25, -0.2) is 4.79 Å². The number of benzene rings is 2. The zero-order chi connectivity index (χ0) is 30.7. The number of nitrogens with zero attached hydrogens (tertiary/aromatic N) is 3. The Labute approximate surface area is 241 Å². The molecule has 2 rings (SSSR count). The lowest BCUT2D eigenvalue weighted by atomic mass is 9.69. The van der Waals surface area contributed by atoms with Crippen molar-refractivity contribution in [3.63, 3.8) is 0 Å².